The Morgan fingerprint density at radius 2 is 1.64 bits per heavy atom. The molecule has 0 aliphatic heterocycles. The number of hydrogen-bond acceptors (Lipinski definition) is 6. The molecular formula is C19H17N5O4. The summed E-state index contributed by atoms with van der Waals surface area (Å²) >= 11 is 0. The molecule has 0 aliphatic rings. The molecule has 0 spiro atoms. The molecule has 4 rings (SSSR count). The van der Waals surface area contributed by atoms with Gasteiger partial charge in [-0.3, -0.25) is 4.68 Å². The monoisotopic (exact) mass is 379 g/mol. The number of nitrogens with zero attached hydrogens (tertiary/aromatic N) is 5. The summed E-state index contributed by atoms with van der Waals surface area (Å²) < 4.78 is 13.9. The Balaban J connectivity index is 1.84. The van der Waals surface area contributed by atoms with E-state index < -0.39 is 5.97 Å². The van der Waals surface area contributed by atoms with Crippen LogP contribution in [0.15, 0.2) is 43.0 Å². The van der Waals surface area contributed by atoms with Crippen molar-refractivity contribution in [2.45, 2.75) is 0 Å². The summed E-state index contributed by atoms with van der Waals surface area (Å²) in [6, 6.07) is 5.17. The van der Waals surface area contributed by atoms with Crippen LogP contribution in [0.4, 0.5) is 0 Å². The average Bonchev–Trinajstić information content (AvgIpc) is 3.32. The third-order valence-electron chi connectivity index (χ3n) is 4.41. The summed E-state index contributed by atoms with van der Waals surface area (Å²) in [5.41, 5.74) is 3.81. The fraction of sp³-hybridized carbons (Fsp3) is 0.158. The Hall–Kier alpha value is -3.88. The summed E-state index contributed by atoms with van der Waals surface area (Å²) in [7, 11) is 4.68. The number of fused-ring (bicyclic) bond motifs is 1. The number of methoxy groups -OCH3 is 2. The first-order valence-corrected chi connectivity index (χ1v) is 8.34. The Labute approximate surface area is 159 Å². The van der Waals surface area contributed by atoms with Crippen molar-refractivity contribution in [1.82, 2.24) is 24.4 Å². The minimum absolute atomic E-state index is 0.0330. The van der Waals surface area contributed by atoms with Gasteiger partial charge in [0.2, 0.25) is 0 Å². The lowest BCUT2D eigenvalue weighted by Gasteiger charge is -2.12. The van der Waals surface area contributed by atoms with Crippen LogP contribution in [0.25, 0.3) is 28.0 Å². The summed E-state index contributed by atoms with van der Waals surface area (Å²) in [6.07, 6.45) is 7.06. The Kier molecular flexibility index (Phi) is 4.19. The number of aromatic carboxylic acids is 1. The SMILES string of the molecule is COc1cc(-c2cnc3cc(-c4cnn(C)c4)cnn23)cc(OC)c1C(=O)O. The van der Waals surface area contributed by atoms with Crippen LogP contribution < -0.4 is 9.47 Å². The van der Waals surface area contributed by atoms with Gasteiger partial charge in [0.15, 0.2) is 5.65 Å². The molecular weight excluding hydrogens is 362 g/mol. The predicted molar refractivity (Wildman–Crippen MR) is 101 cm³/mol. The third-order valence-corrected chi connectivity index (χ3v) is 4.41. The molecule has 1 aromatic carbocycles. The van der Waals surface area contributed by atoms with Crippen molar-refractivity contribution in [3.8, 4) is 33.9 Å². The van der Waals surface area contributed by atoms with Gasteiger partial charge in [-0.2, -0.15) is 10.2 Å². The van der Waals surface area contributed by atoms with Crippen molar-refractivity contribution in [1.29, 1.82) is 0 Å². The van der Waals surface area contributed by atoms with E-state index in [0.29, 0.717) is 16.9 Å². The molecule has 0 saturated heterocycles. The van der Waals surface area contributed by atoms with E-state index in [1.807, 2.05) is 19.3 Å². The normalized spacial score (nSPS) is 11.0. The highest BCUT2D eigenvalue weighted by Gasteiger charge is 2.21. The van der Waals surface area contributed by atoms with E-state index in [9.17, 15) is 9.90 Å². The zero-order valence-electron chi connectivity index (χ0n) is 15.4. The molecule has 0 aliphatic carbocycles. The van der Waals surface area contributed by atoms with Crippen molar-refractivity contribution in [3.05, 3.63) is 48.5 Å². The van der Waals surface area contributed by atoms with Gasteiger partial charge in [0.05, 0.1) is 38.5 Å². The van der Waals surface area contributed by atoms with Gasteiger partial charge in [0.1, 0.15) is 17.1 Å². The molecule has 4 aromatic rings. The first-order valence-electron chi connectivity index (χ1n) is 8.34. The summed E-state index contributed by atoms with van der Waals surface area (Å²) in [5, 5.41) is 18.1. The molecule has 3 heterocycles. The standard InChI is InChI=1S/C19H17N5O4/c1-23-10-13(8-21-23)12-6-17-20-9-14(24(17)22-7-12)11-4-15(27-2)18(19(25)26)16(5-11)28-3/h4-10H,1-3H3,(H,25,26). The maximum Gasteiger partial charge on any atom is 0.343 e. The summed E-state index contributed by atoms with van der Waals surface area (Å²) in [4.78, 5) is 16.0. The molecule has 0 atom stereocenters. The van der Waals surface area contributed by atoms with Crippen LogP contribution in [0.1, 0.15) is 10.4 Å². The van der Waals surface area contributed by atoms with E-state index in [1.54, 1.807) is 39.9 Å². The highest BCUT2D eigenvalue weighted by molar-refractivity contribution is 5.95. The van der Waals surface area contributed by atoms with Crippen LogP contribution in [0.2, 0.25) is 0 Å². The summed E-state index contributed by atoms with van der Waals surface area (Å²) in [5.74, 6) is -0.731. The number of benzene rings is 1. The number of aryl methyl sites for hydroxylation is 1. The second-order valence-electron chi connectivity index (χ2n) is 6.12. The Morgan fingerprint density at radius 1 is 0.964 bits per heavy atom. The first kappa shape index (κ1) is 17.5. The molecule has 9 heteroatoms. The molecule has 0 radical (unpaired) electrons. The van der Waals surface area contributed by atoms with E-state index in [2.05, 4.69) is 15.2 Å². The topological polar surface area (TPSA) is 104 Å². The first-order chi connectivity index (χ1) is 13.5. The quantitative estimate of drug-likeness (QED) is 0.568. The van der Waals surface area contributed by atoms with Crippen molar-refractivity contribution < 1.29 is 19.4 Å². The average molecular weight is 379 g/mol. The Bertz CT molecular complexity index is 1170. The van der Waals surface area contributed by atoms with E-state index in [0.717, 1.165) is 11.1 Å². The maximum absolute atomic E-state index is 11.5. The van der Waals surface area contributed by atoms with Crippen molar-refractivity contribution in [3.63, 3.8) is 0 Å². The lowest BCUT2D eigenvalue weighted by Crippen LogP contribution is -2.05. The molecule has 1 N–H and O–H groups in total. The second-order valence-corrected chi connectivity index (χ2v) is 6.12. The smallest absolute Gasteiger partial charge is 0.343 e. The zero-order valence-corrected chi connectivity index (χ0v) is 15.4. The Morgan fingerprint density at radius 3 is 2.21 bits per heavy atom. The van der Waals surface area contributed by atoms with Crippen LogP contribution in [-0.2, 0) is 7.05 Å². The van der Waals surface area contributed by atoms with Crippen molar-refractivity contribution in [2.24, 2.45) is 7.05 Å². The molecule has 9 nitrogen and oxygen atoms in total. The van der Waals surface area contributed by atoms with Crippen molar-refractivity contribution in [2.75, 3.05) is 14.2 Å². The van der Waals surface area contributed by atoms with Crippen LogP contribution in [0.5, 0.6) is 11.5 Å². The van der Waals surface area contributed by atoms with Gasteiger partial charge in [-0.05, 0) is 18.2 Å². The number of carbonyl (C=O) groups is 1. The molecule has 0 fully saturated rings. The van der Waals surface area contributed by atoms with E-state index in [1.165, 1.54) is 14.2 Å². The minimum atomic E-state index is -1.13. The highest BCUT2D eigenvalue weighted by atomic mass is 16.5. The largest absolute Gasteiger partial charge is 0.496 e. The fourth-order valence-electron chi connectivity index (χ4n) is 3.07. The summed E-state index contributed by atoms with van der Waals surface area (Å²) in [6.45, 7) is 0. The lowest BCUT2D eigenvalue weighted by atomic mass is 10.1. The second kappa shape index (κ2) is 6.69. The molecule has 3 aromatic heterocycles. The van der Waals surface area contributed by atoms with Gasteiger partial charge in [-0.25, -0.2) is 14.3 Å². The maximum atomic E-state index is 11.5. The van der Waals surface area contributed by atoms with Gasteiger partial charge in [-0.1, -0.05) is 0 Å². The van der Waals surface area contributed by atoms with Gasteiger partial charge in [0.25, 0.3) is 0 Å². The van der Waals surface area contributed by atoms with Crippen LogP contribution in [-0.4, -0.2) is 49.7 Å². The molecule has 28 heavy (non-hydrogen) atoms. The lowest BCUT2D eigenvalue weighted by molar-refractivity contribution is 0.0689. The highest BCUT2D eigenvalue weighted by Crippen LogP contribution is 2.35. The number of rotatable bonds is 5. The molecule has 0 saturated carbocycles. The number of carboxylic acid groups (broad SMARTS) is 1. The van der Waals surface area contributed by atoms with Gasteiger partial charge < -0.3 is 14.6 Å². The van der Waals surface area contributed by atoms with Gasteiger partial charge in [0, 0.05) is 29.9 Å². The molecule has 0 amide bonds. The van der Waals surface area contributed by atoms with Crippen LogP contribution >= 0.6 is 0 Å². The minimum Gasteiger partial charge on any atom is -0.496 e. The van der Waals surface area contributed by atoms with E-state index in [-0.39, 0.29) is 17.1 Å². The molecule has 142 valence electrons. The fourth-order valence-corrected chi connectivity index (χ4v) is 3.07. The number of hydrogen-bond donors (Lipinski definition) is 1. The van der Waals surface area contributed by atoms with Crippen LogP contribution in [0.3, 0.4) is 0 Å². The van der Waals surface area contributed by atoms with E-state index >= 15 is 0 Å². The molecule has 0 unspecified atom stereocenters. The predicted octanol–water partition coefficient (Wildman–Crippen LogP) is 2.51. The number of carboxylic acids is 1. The van der Waals surface area contributed by atoms with Gasteiger partial charge >= 0.3 is 5.97 Å². The number of aromatic nitrogens is 5. The number of ether oxygens (including phenoxy) is 2. The third kappa shape index (κ3) is 2.82. The van der Waals surface area contributed by atoms with Crippen molar-refractivity contribution >= 4 is 11.6 Å². The molecule has 0 bridgehead atoms. The van der Waals surface area contributed by atoms with E-state index in [4.69, 9.17) is 9.47 Å². The van der Waals surface area contributed by atoms with Gasteiger partial charge in [-0.15, -0.1) is 0 Å². The zero-order chi connectivity index (χ0) is 19.8. The van der Waals surface area contributed by atoms with Crippen LogP contribution in [0, 0.1) is 0 Å². The number of imidazole rings is 1.